The van der Waals surface area contributed by atoms with Crippen LogP contribution >= 0.6 is 0 Å². The van der Waals surface area contributed by atoms with Crippen LogP contribution in [0.2, 0.25) is 0 Å². The van der Waals surface area contributed by atoms with Gasteiger partial charge in [0.1, 0.15) is 0 Å². The average Bonchev–Trinajstić information content (AvgIpc) is 2.06. The lowest BCUT2D eigenvalue weighted by molar-refractivity contribution is 0.791. The van der Waals surface area contributed by atoms with E-state index >= 15 is 0 Å². The van der Waals surface area contributed by atoms with E-state index < -0.39 is 0 Å². The van der Waals surface area contributed by atoms with Crippen LogP contribution in [0.4, 0.5) is 0 Å². The van der Waals surface area contributed by atoms with Crippen LogP contribution in [0.15, 0.2) is 18.3 Å². The fourth-order valence-electron chi connectivity index (χ4n) is 1.01. The first-order valence-electron chi connectivity index (χ1n) is 3.66. The minimum atomic E-state index is 0.512. The van der Waals surface area contributed by atoms with E-state index in [-0.39, 0.29) is 0 Å². The fourth-order valence-corrected chi connectivity index (χ4v) is 1.01. The lowest BCUT2D eigenvalue weighted by Gasteiger charge is -2.04. The largest absolute Gasteiger partial charge is 0.325 e. The molecule has 3 N–H and O–H groups in total. The van der Waals surface area contributed by atoms with E-state index in [1.165, 1.54) is 5.56 Å². The molecule has 0 aliphatic rings. The summed E-state index contributed by atoms with van der Waals surface area (Å²) in [5, 5.41) is 3.06. The number of rotatable bonds is 3. The van der Waals surface area contributed by atoms with Gasteiger partial charge in [-0.15, -0.1) is 0 Å². The summed E-state index contributed by atoms with van der Waals surface area (Å²) in [4.78, 5) is 4.15. The maximum absolute atomic E-state index is 5.49. The van der Waals surface area contributed by atoms with Crippen LogP contribution in [-0.4, -0.2) is 12.0 Å². The molecule has 0 atom stereocenters. The van der Waals surface area contributed by atoms with Gasteiger partial charge < -0.3 is 11.1 Å². The maximum atomic E-state index is 5.49. The monoisotopic (exact) mass is 151 g/mol. The van der Waals surface area contributed by atoms with Crippen LogP contribution in [0.3, 0.4) is 0 Å². The summed E-state index contributed by atoms with van der Waals surface area (Å²) < 4.78 is 0. The Bertz CT molecular complexity index is 222. The van der Waals surface area contributed by atoms with E-state index in [1.807, 2.05) is 19.2 Å². The lowest BCUT2D eigenvalue weighted by Crippen LogP contribution is -2.11. The number of nitrogens with zero attached hydrogens (tertiary/aromatic N) is 1. The maximum Gasteiger partial charge on any atom is 0.0584 e. The first-order valence-corrected chi connectivity index (χ1v) is 3.66. The smallest absolute Gasteiger partial charge is 0.0584 e. The van der Waals surface area contributed by atoms with Crippen LogP contribution in [0, 0.1) is 0 Å². The molecular weight excluding hydrogens is 138 g/mol. The van der Waals surface area contributed by atoms with Gasteiger partial charge in [-0.25, -0.2) is 0 Å². The zero-order chi connectivity index (χ0) is 8.10. The van der Waals surface area contributed by atoms with Gasteiger partial charge in [0.05, 0.1) is 5.69 Å². The second-order valence-corrected chi connectivity index (χ2v) is 2.34. The molecule has 1 rings (SSSR count). The molecule has 1 heterocycles. The Morgan fingerprint density at radius 1 is 1.64 bits per heavy atom. The minimum absolute atomic E-state index is 0.512. The first-order chi connectivity index (χ1) is 5.38. The topological polar surface area (TPSA) is 50.9 Å². The van der Waals surface area contributed by atoms with Gasteiger partial charge in [-0.1, -0.05) is 6.07 Å². The molecule has 0 aliphatic carbocycles. The molecule has 0 fully saturated rings. The van der Waals surface area contributed by atoms with E-state index in [0.29, 0.717) is 6.54 Å². The predicted octanol–water partition coefficient (Wildman–Crippen LogP) is 0.260. The second kappa shape index (κ2) is 4.05. The quantitative estimate of drug-likeness (QED) is 0.651. The number of pyridine rings is 1. The van der Waals surface area contributed by atoms with Crippen molar-refractivity contribution in [3.05, 3.63) is 29.6 Å². The Morgan fingerprint density at radius 3 is 3.09 bits per heavy atom. The Kier molecular flexibility index (Phi) is 3.01. The van der Waals surface area contributed by atoms with E-state index in [2.05, 4.69) is 10.3 Å². The Morgan fingerprint density at radius 2 is 2.45 bits per heavy atom. The van der Waals surface area contributed by atoms with Crippen molar-refractivity contribution in [1.82, 2.24) is 10.3 Å². The predicted molar refractivity (Wildman–Crippen MR) is 44.9 cm³/mol. The third-order valence-electron chi connectivity index (χ3n) is 1.55. The molecule has 3 nitrogen and oxygen atoms in total. The van der Waals surface area contributed by atoms with E-state index in [1.54, 1.807) is 6.20 Å². The standard InChI is InChI=1S/C8H13N3/c1-10-6-7-3-2-4-11-8(7)5-9/h2-4,10H,5-6,9H2,1H3. The summed E-state index contributed by atoms with van der Waals surface area (Å²) in [6.07, 6.45) is 1.77. The molecule has 0 radical (unpaired) electrons. The van der Waals surface area contributed by atoms with Crippen molar-refractivity contribution in [1.29, 1.82) is 0 Å². The average molecular weight is 151 g/mol. The Hall–Kier alpha value is -0.930. The van der Waals surface area contributed by atoms with Crippen molar-refractivity contribution < 1.29 is 0 Å². The van der Waals surface area contributed by atoms with Crippen LogP contribution in [0.5, 0.6) is 0 Å². The van der Waals surface area contributed by atoms with Gasteiger partial charge in [-0.2, -0.15) is 0 Å². The van der Waals surface area contributed by atoms with Crippen LogP contribution in [-0.2, 0) is 13.1 Å². The van der Waals surface area contributed by atoms with Crippen molar-refractivity contribution in [2.75, 3.05) is 7.05 Å². The highest BCUT2D eigenvalue weighted by Crippen LogP contribution is 2.02. The molecule has 0 aliphatic heterocycles. The molecule has 0 saturated heterocycles. The van der Waals surface area contributed by atoms with Gasteiger partial charge in [-0.3, -0.25) is 4.98 Å². The number of hydrogen-bond donors (Lipinski definition) is 2. The third kappa shape index (κ3) is 2.00. The highest BCUT2D eigenvalue weighted by atomic mass is 14.8. The zero-order valence-electron chi connectivity index (χ0n) is 6.67. The zero-order valence-corrected chi connectivity index (χ0v) is 6.67. The van der Waals surface area contributed by atoms with Gasteiger partial charge in [0.2, 0.25) is 0 Å². The second-order valence-electron chi connectivity index (χ2n) is 2.34. The molecule has 0 aromatic carbocycles. The van der Waals surface area contributed by atoms with E-state index in [4.69, 9.17) is 5.73 Å². The third-order valence-corrected chi connectivity index (χ3v) is 1.55. The van der Waals surface area contributed by atoms with Crippen molar-refractivity contribution >= 4 is 0 Å². The van der Waals surface area contributed by atoms with Gasteiger partial charge in [0.25, 0.3) is 0 Å². The highest BCUT2D eigenvalue weighted by molar-refractivity contribution is 5.19. The van der Waals surface area contributed by atoms with E-state index in [9.17, 15) is 0 Å². The highest BCUT2D eigenvalue weighted by Gasteiger charge is 1.97. The van der Waals surface area contributed by atoms with Crippen molar-refractivity contribution in [2.24, 2.45) is 5.73 Å². The number of hydrogen-bond acceptors (Lipinski definition) is 3. The number of nitrogens with one attached hydrogen (secondary N) is 1. The molecule has 1 aromatic heterocycles. The SMILES string of the molecule is CNCc1cccnc1CN. The Labute approximate surface area is 66.6 Å². The summed E-state index contributed by atoms with van der Waals surface area (Å²) in [6.45, 7) is 1.35. The van der Waals surface area contributed by atoms with Crippen LogP contribution in [0.25, 0.3) is 0 Å². The van der Waals surface area contributed by atoms with Crippen molar-refractivity contribution in [3.63, 3.8) is 0 Å². The molecule has 0 spiro atoms. The van der Waals surface area contributed by atoms with Gasteiger partial charge in [-0.05, 0) is 18.7 Å². The Balaban J connectivity index is 2.83. The summed E-state index contributed by atoms with van der Waals surface area (Å²) >= 11 is 0. The molecule has 60 valence electrons. The molecular formula is C8H13N3. The van der Waals surface area contributed by atoms with Crippen LogP contribution in [0.1, 0.15) is 11.3 Å². The summed E-state index contributed by atoms with van der Waals surface area (Å²) in [5.41, 5.74) is 7.64. The van der Waals surface area contributed by atoms with Crippen LogP contribution < -0.4 is 11.1 Å². The molecule has 0 saturated carbocycles. The normalized spacial score (nSPS) is 10.0. The molecule has 1 aromatic rings. The summed E-state index contributed by atoms with van der Waals surface area (Å²) in [7, 11) is 1.91. The van der Waals surface area contributed by atoms with Gasteiger partial charge in [0.15, 0.2) is 0 Å². The lowest BCUT2D eigenvalue weighted by atomic mass is 10.2. The first kappa shape index (κ1) is 8.17. The van der Waals surface area contributed by atoms with Gasteiger partial charge in [0, 0.05) is 19.3 Å². The summed E-state index contributed by atoms with van der Waals surface area (Å²) in [5.74, 6) is 0. The number of nitrogens with two attached hydrogens (primary N) is 1. The summed E-state index contributed by atoms with van der Waals surface area (Å²) in [6, 6.07) is 3.96. The van der Waals surface area contributed by atoms with Gasteiger partial charge >= 0.3 is 0 Å². The molecule has 11 heavy (non-hydrogen) atoms. The van der Waals surface area contributed by atoms with Crippen molar-refractivity contribution in [2.45, 2.75) is 13.1 Å². The van der Waals surface area contributed by atoms with Crippen molar-refractivity contribution in [3.8, 4) is 0 Å². The molecule has 3 heteroatoms. The molecule has 0 amide bonds. The molecule has 0 bridgehead atoms. The molecule has 0 unspecified atom stereocenters. The fraction of sp³-hybridized carbons (Fsp3) is 0.375. The van der Waals surface area contributed by atoms with E-state index in [0.717, 1.165) is 12.2 Å². The minimum Gasteiger partial charge on any atom is -0.325 e. The number of aromatic nitrogens is 1.